The van der Waals surface area contributed by atoms with E-state index in [9.17, 15) is 22.0 Å². The smallest absolute Gasteiger partial charge is 0.200 e. The van der Waals surface area contributed by atoms with Gasteiger partial charge in [0.1, 0.15) is 12.3 Å². The van der Waals surface area contributed by atoms with Crippen molar-refractivity contribution in [2.75, 3.05) is 12.5 Å². The summed E-state index contributed by atoms with van der Waals surface area (Å²) in [4.78, 5) is 0. The standard InChI is InChI=1S/C22H13ClF5N3O2/c1-32-15-7-11(9-30-31-21-19(27)17(25)16(24)18(26)20(21)28)6-14(23)22(15)33-10-13-5-3-2-4-12(13)8-29/h2-7,9,31H,10H2,1H3/b30-9-. The molecule has 3 aromatic carbocycles. The molecule has 33 heavy (non-hydrogen) atoms. The fourth-order valence-corrected chi connectivity index (χ4v) is 3.01. The molecular weight excluding hydrogens is 469 g/mol. The third kappa shape index (κ3) is 4.99. The highest BCUT2D eigenvalue weighted by atomic mass is 35.5. The van der Waals surface area contributed by atoms with Gasteiger partial charge in [-0.2, -0.15) is 10.4 Å². The van der Waals surface area contributed by atoms with Gasteiger partial charge in [-0.15, -0.1) is 0 Å². The third-order valence-corrected chi connectivity index (χ3v) is 4.64. The van der Waals surface area contributed by atoms with Gasteiger partial charge in [0.05, 0.1) is 30.0 Å². The molecule has 11 heteroatoms. The van der Waals surface area contributed by atoms with Crippen LogP contribution in [-0.2, 0) is 6.61 Å². The van der Waals surface area contributed by atoms with Crippen LogP contribution in [0, 0.1) is 40.4 Å². The van der Waals surface area contributed by atoms with E-state index >= 15 is 0 Å². The maximum absolute atomic E-state index is 13.7. The van der Waals surface area contributed by atoms with Crippen LogP contribution >= 0.6 is 11.6 Å². The van der Waals surface area contributed by atoms with E-state index in [2.05, 4.69) is 5.10 Å². The van der Waals surface area contributed by atoms with E-state index in [1.807, 2.05) is 6.07 Å². The molecule has 0 fully saturated rings. The Hall–Kier alpha value is -3.84. The monoisotopic (exact) mass is 481 g/mol. The van der Waals surface area contributed by atoms with Gasteiger partial charge < -0.3 is 9.47 Å². The second-order valence-corrected chi connectivity index (χ2v) is 6.81. The minimum atomic E-state index is -2.27. The quantitative estimate of drug-likeness (QED) is 0.149. The highest BCUT2D eigenvalue weighted by Gasteiger charge is 2.25. The molecule has 0 unspecified atom stereocenters. The van der Waals surface area contributed by atoms with E-state index in [-0.39, 0.29) is 28.7 Å². The maximum atomic E-state index is 13.7. The van der Waals surface area contributed by atoms with Crippen molar-refractivity contribution in [1.29, 1.82) is 5.26 Å². The number of benzene rings is 3. The van der Waals surface area contributed by atoms with Crippen molar-refractivity contribution in [3.8, 4) is 17.6 Å². The van der Waals surface area contributed by atoms with Gasteiger partial charge in [0.15, 0.2) is 34.8 Å². The molecule has 0 aliphatic carbocycles. The first kappa shape index (κ1) is 23.8. The summed E-state index contributed by atoms with van der Waals surface area (Å²) in [5, 5.41) is 12.8. The molecule has 0 bridgehead atoms. The van der Waals surface area contributed by atoms with Gasteiger partial charge in [-0.1, -0.05) is 29.8 Å². The lowest BCUT2D eigenvalue weighted by atomic mass is 10.1. The number of hydrogen-bond acceptors (Lipinski definition) is 5. The van der Waals surface area contributed by atoms with Crippen LogP contribution in [0.4, 0.5) is 27.6 Å². The molecule has 0 heterocycles. The van der Waals surface area contributed by atoms with Crippen molar-refractivity contribution in [3.05, 3.63) is 87.2 Å². The van der Waals surface area contributed by atoms with Crippen molar-refractivity contribution in [1.82, 2.24) is 0 Å². The molecule has 3 aromatic rings. The van der Waals surface area contributed by atoms with E-state index < -0.39 is 34.8 Å². The second-order valence-electron chi connectivity index (χ2n) is 6.41. The summed E-state index contributed by atoms with van der Waals surface area (Å²) in [6, 6.07) is 11.6. The Morgan fingerprint density at radius 2 is 1.67 bits per heavy atom. The minimum Gasteiger partial charge on any atom is -0.493 e. The van der Waals surface area contributed by atoms with Gasteiger partial charge in [0.2, 0.25) is 5.82 Å². The summed E-state index contributed by atoms with van der Waals surface area (Å²) in [5.74, 6) is -10.2. The predicted molar refractivity (Wildman–Crippen MR) is 111 cm³/mol. The fourth-order valence-electron chi connectivity index (χ4n) is 2.73. The molecule has 0 aliphatic rings. The van der Waals surface area contributed by atoms with Crippen molar-refractivity contribution in [2.45, 2.75) is 6.61 Å². The molecule has 0 aromatic heterocycles. The van der Waals surface area contributed by atoms with E-state index in [1.54, 1.807) is 29.7 Å². The number of nitrogens with zero attached hydrogens (tertiary/aromatic N) is 2. The topological polar surface area (TPSA) is 66.6 Å². The molecule has 0 saturated heterocycles. The number of ether oxygens (including phenoxy) is 2. The van der Waals surface area contributed by atoms with Crippen LogP contribution in [0.15, 0.2) is 41.5 Å². The van der Waals surface area contributed by atoms with Crippen molar-refractivity contribution < 1.29 is 31.4 Å². The SMILES string of the molecule is COc1cc(/C=N\Nc2c(F)c(F)c(F)c(F)c2F)cc(Cl)c1OCc1ccccc1C#N. The molecular formula is C22H13ClF5N3O2. The van der Waals surface area contributed by atoms with Crippen LogP contribution in [0.1, 0.15) is 16.7 Å². The lowest BCUT2D eigenvalue weighted by Crippen LogP contribution is -2.06. The number of anilines is 1. The Balaban J connectivity index is 1.82. The molecule has 5 nitrogen and oxygen atoms in total. The summed E-state index contributed by atoms with van der Waals surface area (Å²) >= 11 is 6.25. The number of hydrazone groups is 1. The second kappa shape index (κ2) is 10.2. The minimum absolute atomic E-state index is 0.0229. The molecule has 3 rings (SSSR count). The van der Waals surface area contributed by atoms with Gasteiger partial charge in [-0.3, -0.25) is 5.43 Å². The molecule has 0 atom stereocenters. The van der Waals surface area contributed by atoms with Crippen LogP contribution in [0.25, 0.3) is 0 Å². The van der Waals surface area contributed by atoms with Gasteiger partial charge >= 0.3 is 0 Å². The first-order chi connectivity index (χ1) is 15.8. The van der Waals surface area contributed by atoms with Crippen LogP contribution in [0.3, 0.4) is 0 Å². The summed E-state index contributed by atoms with van der Waals surface area (Å²) in [5.41, 5.74) is 1.80. The Morgan fingerprint density at radius 1 is 1.03 bits per heavy atom. The lowest BCUT2D eigenvalue weighted by molar-refractivity contribution is 0.284. The van der Waals surface area contributed by atoms with Crippen LogP contribution in [0.5, 0.6) is 11.5 Å². The number of rotatable bonds is 7. The van der Waals surface area contributed by atoms with E-state index in [0.29, 0.717) is 11.1 Å². The Labute approximate surface area is 189 Å². The highest BCUT2D eigenvalue weighted by molar-refractivity contribution is 6.32. The van der Waals surface area contributed by atoms with Gasteiger partial charge in [0, 0.05) is 5.56 Å². The number of hydrogen-bond donors (Lipinski definition) is 1. The van der Waals surface area contributed by atoms with Gasteiger partial charge in [-0.25, -0.2) is 22.0 Å². The Morgan fingerprint density at radius 3 is 2.30 bits per heavy atom. The first-order valence-corrected chi connectivity index (χ1v) is 9.45. The third-order valence-electron chi connectivity index (χ3n) is 4.36. The van der Waals surface area contributed by atoms with Crippen LogP contribution in [-0.4, -0.2) is 13.3 Å². The predicted octanol–water partition coefficient (Wildman–Crippen LogP) is 5.94. The highest BCUT2D eigenvalue weighted by Crippen LogP contribution is 2.37. The maximum Gasteiger partial charge on any atom is 0.200 e. The zero-order valence-electron chi connectivity index (χ0n) is 16.7. The molecule has 1 N–H and O–H groups in total. The van der Waals surface area contributed by atoms with Gasteiger partial charge in [-0.05, 0) is 23.8 Å². The Bertz CT molecular complexity index is 1250. The fraction of sp³-hybridized carbons (Fsp3) is 0.0909. The zero-order valence-corrected chi connectivity index (χ0v) is 17.5. The van der Waals surface area contributed by atoms with E-state index in [0.717, 1.165) is 6.21 Å². The molecule has 0 aliphatic heterocycles. The van der Waals surface area contributed by atoms with Crippen LogP contribution < -0.4 is 14.9 Å². The van der Waals surface area contributed by atoms with Gasteiger partial charge in [0.25, 0.3) is 0 Å². The summed E-state index contributed by atoms with van der Waals surface area (Å²) in [7, 11) is 1.34. The molecule has 0 amide bonds. The number of nitrogens with one attached hydrogen (secondary N) is 1. The summed E-state index contributed by atoms with van der Waals surface area (Å²) in [6.07, 6.45) is 1.03. The average molecular weight is 482 g/mol. The molecule has 0 spiro atoms. The summed E-state index contributed by atoms with van der Waals surface area (Å²) < 4.78 is 78.0. The zero-order chi connectivity index (χ0) is 24.1. The van der Waals surface area contributed by atoms with Crippen molar-refractivity contribution in [2.24, 2.45) is 5.10 Å². The summed E-state index contributed by atoms with van der Waals surface area (Å²) in [6.45, 7) is 0.0229. The van der Waals surface area contributed by atoms with E-state index in [1.165, 1.54) is 19.2 Å². The largest absolute Gasteiger partial charge is 0.493 e. The van der Waals surface area contributed by atoms with Crippen molar-refractivity contribution >= 4 is 23.5 Å². The number of nitriles is 1. The van der Waals surface area contributed by atoms with E-state index in [4.69, 9.17) is 26.3 Å². The lowest BCUT2D eigenvalue weighted by Gasteiger charge is -2.14. The van der Waals surface area contributed by atoms with Crippen LogP contribution in [0.2, 0.25) is 5.02 Å². The average Bonchev–Trinajstić information content (AvgIpc) is 2.82. The molecule has 170 valence electrons. The normalized spacial score (nSPS) is 10.8. The van der Waals surface area contributed by atoms with Crippen molar-refractivity contribution in [3.63, 3.8) is 0 Å². The molecule has 0 radical (unpaired) electrons. The first-order valence-electron chi connectivity index (χ1n) is 9.07. The number of methoxy groups -OCH3 is 1. The Kier molecular flexibility index (Phi) is 7.35. The molecule has 0 saturated carbocycles. The number of halogens is 6.